The van der Waals surface area contributed by atoms with Crippen molar-refractivity contribution in [1.29, 1.82) is 0 Å². The lowest BCUT2D eigenvalue weighted by atomic mass is 9.87. The lowest BCUT2D eigenvalue weighted by molar-refractivity contribution is -0.117. The Morgan fingerprint density at radius 1 is 1.17 bits per heavy atom. The third kappa shape index (κ3) is 4.50. The number of aliphatic hydroxyl groups is 1. The lowest BCUT2D eigenvalue weighted by Gasteiger charge is -2.23. The Balaban J connectivity index is 1.59. The molecule has 0 atom stereocenters. The second-order valence-electron chi connectivity index (χ2n) is 8.47. The van der Waals surface area contributed by atoms with E-state index in [2.05, 4.69) is 18.3 Å². The zero-order chi connectivity index (χ0) is 20.2. The highest BCUT2D eigenvalue weighted by Crippen LogP contribution is 2.34. The second kappa shape index (κ2) is 9.04. The Morgan fingerprint density at radius 3 is 2.76 bits per heavy atom. The van der Waals surface area contributed by atoms with E-state index >= 15 is 0 Å². The van der Waals surface area contributed by atoms with Crippen molar-refractivity contribution in [1.82, 2.24) is 9.97 Å². The number of aromatic nitrogens is 2. The Kier molecular flexibility index (Phi) is 6.24. The van der Waals surface area contributed by atoms with Crippen LogP contribution in [0.15, 0.2) is 18.2 Å². The number of hydrogen-bond donors (Lipinski definition) is 2. The number of aliphatic hydroxyl groups excluding tert-OH is 1. The van der Waals surface area contributed by atoms with E-state index in [1.54, 1.807) is 0 Å². The summed E-state index contributed by atoms with van der Waals surface area (Å²) in [4.78, 5) is 22.5. The third-order valence-corrected chi connectivity index (χ3v) is 6.22. The number of carbonyl (C=O) groups excluding carboxylic acids is 1. The summed E-state index contributed by atoms with van der Waals surface area (Å²) < 4.78 is 0. The first-order chi connectivity index (χ1) is 14.2. The van der Waals surface area contributed by atoms with Crippen LogP contribution in [0.25, 0.3) is 11.3 Å². The van der Waals surface area contributed by atoms with Gasteiger partial charge < -0.3 is 10.4 Å². The van der Waals surface area contributed by atoms with Crippen LogP contribution in [-0.2, 0) is 30.7 Å². The fourth-order valence-electron chi connectivity index (χ4n) is 4.68. The number of benzene rings is 1. The maximum atomic E-state index is 12.7. The van der Waals surface area contributed by atoms with Gasteiger partial charge in [0.05, 0.1) is 23.7 Å². The van der Waals surface area contributed by atoms with Crippen molar-refractivity contribution in [3.63, 3.8) is 0 Å². The van der Waals surface area contributed by atoms with Crippen molar-refractivity contribution < 1.29 is 9.90 Å². The zero-order valence-corrected chi connectivity index (χ0v) is 17.3. The molecule has 0 radical (unpaired) electrons. The molecule has 1 fully saturated rings. The molecule has 0 saturated heterocycles. The molecule has 0 bridgehead atoms. The summed E-state index contributed by atoms with van der Waals surface area (Å²) in [6, 6.07) is 6.07. The molecule has 2 aliphatic carbocycles. The van der Waals surface area contributed by atoms with Gasteiger partial charge in [-0.05, 0) is 49.1 Å². The number of rotatable bonds is 6. The number of carbonyl (C=O) groups is 1. The Bertz CT molecular complexity index is 888. The molecular formula is C24H31N3O2. The summed E-state index contributed by atoms with van der Waals surface area (Å²) in [7, 11) is 0. The van der Waals surface area contributed by atoms with Crippen molar-refractivity contribution >= 4 is 11.7 Å². The van der Waals surface area contributed by atoms with E-state index in [0.717, 1.165) is 66.7 Å². The zero-order valence-electron chi connectivity index (χ0n) is 17.3. The van der Waals surface area contributed by atoms with E-state index in [1.165, 1.54) is 24.8 Å². The monoisotopic (exact) mass is 393 g/mol. The molecule has 1 aromatic carbocycles. The molecule has 1 saturated carbocycles. The molecule has 1 aromatic heterocycles. The molecule has 0 spiro atoms. The fourth-order valence-corrected chi connectivity index (χ4v) is 4.68. The summed E-state index contributed by atoms with van der Waals surface area (Å²) >= 11 is 0. The first kappa shape index (κ1) is 20.0. The molecule has 5 nitrogen and oxygen atoms in total. The SMILES string of the molecule is CCCc1nc2c(nc1NC(=O)CC1CCCCC1)CCc1cc(CO)ccc1-2. The molecule has 0 unspecified atom stereocenters. The number of aryl methyl sites for hydroxylation is 3. The van der Waals surface area contributed by atoms with Crippen LogP contribution >= 0.6 is 0 Å². The van der Waals surface area contributed by atoms with Crippen LogP contribution in [0.2, 0.25) is 0 Å². The summed E-state index contributed by atoms with van der Waals surface area (Å²) in [5.74, 6) is 1.24. The minimum absolute atomic E-state index is 0.0544. The van der Waals surface area contributed by atoms with E-state index in [-0.39, 0.29) is 12.5 Å². The maximum absolute atomic E-state index is 12.7. The number of amides is 1. The first-order valence-corrected chi connectivity index (χ1v) is 11.1. The highest BCUT2D eigenvalue weighted by atomic mass is 16.3. The summed E-state index contributed by atoms with van der Waals surface area (Å²) in [6.07, 6.45) is 10.2. The molecule has 2 N–H and O–H groups in total. The topological polar surface area (TPSA) is 75.1 Å². The largest absolute Gasteiger partial charge is 0.392 e. The minimum Gasteiger partial charge on any atom is -0.392 e. The van der Waals surface area contributed by atoms with Crippen LogP contribution < -0.4 is 5.32 Å². The standard InChI is InChI=1S/C24H31N3O2/c1-2-6-21-24(27-22(29)14-16-7-4-3-5-8-16)26-20-12-10-18-13-17(15-28)9-11-19(18)23(20)25-21/h9,11,13,16,28H,2-8,10,12,14-15H2,1H3,(H,26,27,29). The van der Waals surface area contributed by atoms with E-state index in [9.17, 15) is 9.90 Å². The number of hydrogen-bond acceptors (Lipinski definition) is 4. The van der Waals surface area contributed by atoms with Gasteiger partial charge in [0.1, 0.15) is 0 Å². The van der Waals surface area contributed by atoms with Gasteiger partial charge in [-0.25, -0.2) is 9.97 Å². The smallest absolute Gasteiger partial charge is 0.225 e. The molecule has 4 rings (SSSR count). The van der Waals surface area contributed by atoms with Crippen LogP contribution in [0.4, 0.5) is 5.82 Å². The van der Waals surface area contributed by atoms with E-state index in [4.69, 9.17) is 9.97 Å². The fraction of sp³-hybridized carbons (Fsp3) is 0.542. The van der Waals surface area contributed by atoms with Crippen molar-refractivity contribution in [2.45, 2.75) is 77.7 Å². The van der Waals surface area contributed by atoms with Crippen molar-refractivity contribution in [3.8, 4) is 11.3 Å². The van der Waals surface area contributed by atoms with Gasteiger partial charge in [-0.1, -0.05) is 50.8 Å². The Labute approximate surface area is 173 Å². The summed E-state index contributed by atoms with van der Waals surface area (Å²) in [6.45, 7) is 2.18. The number of anilines is 1. The van der Waals surface area contributed by atoms with Gasteiger partial charge in [0.15, 0.2) is 5.82 Å². The van der Waals surface area contributed by atoms with E-state index < -0.39 is 0 Å². The summed E-state index contributed by atoms with van der Waals surface area (Å²) in [5, 5.41) is 12.5. The molecule has 0 aliphatic heterocycles. The molecule has 29 heavy (non-hydrogen) atoms. The molecule has 1 heterocycles. The van der Waals surface area contributed by atoms with Gasteiger partial charge in [0.25, 0.3) is 0 Å². The van der Waals surface area contributed by atoms with Crippen LogP contribution in [0, 0.1) is 5.92 Å². The van der Waals surface area contributed by atoms with E-state index in [0.29, 0.717) is 18.2 Å². The van der Waals surface area contributed by atoms with Gasteiger partial charge in [-0.3, -0.25) is 4.79 Å². The molecule has 1 amide bonds. The lowest BCUT2D eigenvalue weighted by Crippen LogP contribution is -2.21. The van der Waals surface area contributed by atoms with Crippen LogP contribution in [0.3, 0.4) is 0 Å². The van der Waals surface area contributed by atoms with Gasteiger partial charge in [0, 0.05) is 12.0 Å². The maximum Gasteiger partial charge on any atom is 0.225 e. The minimum atomic E-state index is 0.0544. The molecule has 2 aromatic rings. The highest BCUT2D eigenvalue weighted by Gasteiger charge is 2.23. The Hall–Kier alpha value is -2.27. The molecule has 2 aliphatic rings. The number of nitrogens with one attached hydrogen (secondary N) is 1. The quantitative estimate of drug-likeness (QED) is 0.752. The molecule has 5 heteroatoms. The van der Waals surface area contributed by atoms with Gasteiger partial charge in [0.2, 0.25) is 5.91 Å². The molecule has 154 valence electrons. The average molecular weight is 394 g/mol. The normalized spacial score (nSPS) is 16.2. The van der Waals surface area contributed by atoms with Crippen molar-refractivity contribution in [3.05, 3.63) is 40.7 Å². The van der Waals surface area contributed by atoms with Crippen LogP contribution in [-0.4, -0.2) is 21.0 Å². The predicted octanol–water partition coefficient (Wildman–Crippen LogP) is 4.60. The third-order valence-electron chi connectivity index (χ3n) is 6.22. The van der Waals surface area contributed by atoms with Crippen molar-refractivity contribution in [2.75, 3.05) is 5.32 Å². The average Bonchev–Trinajstić information content (AvgIpc) is 2.74. The molecular weight excluding hydrogens is 362 g/mol. The highest BCUT2D eigenvalue weighted by molar-refractivity contribution is 5.90. The Morgan fingerprint density at radius 2 is 2.00 bits per heavy atom. The number of fused-ring (bicyclic) bond motifs is 3. The van der Waals surface area contributed by atoms with E-state index in [1.807, 2.05) is 12.1 Å². The predicted molar refractivity (Wildman–Crippen MR) is 115 cm³/mol. The second-order valence-corrected chi connectivity index (χ2v) is 8.47. The summed E-state index contributed by atoms with van der Waals surface area (Å²) in [5.41, 5.74) is 6.03. The van der Waals surface area contributed by atoms with Gasteiger partial charge in [-0.2, -0.15) is 0 Å². The first-order valence-electron chi connectivity index (χ1n) is 11.1. The van der Waals surface area contributed by atoms with Crippen molar-refractivity contribution in [2.24, 2.45) is 5.92 Å². The van der Waals surface area contributed by atoms with Gasteiger partial charge >= 0.3 is 0 Å². The van der Waals surface area contributed by atoms with Crippen LogP contribution in [0.1, 0.15) is 74.4 Å². The van der Waals surface area contributed by atoms with Crippen LogP contribution in [0.5, 0.6) is 0 Å². The number of nitrogens with zero attached hydrogens (tertiary/aromatic N) is 2. The van der Waals surface area contributed by atoms with Gasteiger partial charge in [-0.15, -0.1) is 0 Å².